The third kappa shape index (κ3) is 2.35. The quantitative estimate of drug-likeness (QED) is 0.784. The normalized spacial score (nSPS) is 17.9. The lowest BCUT2D eigenvalue weighted by Crippen LogP contribution is -2.41. The molecule has 0 aromatic heterocycles. The van der Waals surface area contributed by atoms with Gasteiger partial charge in [-0.1, -0.05) is 18.2 Å². The Morgan fingerprint density at radius 3 is 2.37 bits per heavy atom. The Kier molecular flexibility index (Phi) is 3.88. The second kappa shape index (κ2) is 5.43. The number of carbonyl (C=O) groups is 2. The van der Waals surface area contributed by atoms with E-state index in [1.807, 2.05) is 24.3 Å². The van der Waals surface area contributed by atoms with E-state index in [9.17, 15) is 9.59 Å². The van der Waals surface area contributed by atoms with Gasteiger partial charge in [0.2, 0.25) is 0 Å². The van der Waals surface area contributed by atoms with Crippen molar-refractivity contribution in [3.63, 3.8) is 0 Å². The average molecular weight is 262 g/mol. The van der Waals surface area contributed by atoms with Crippen LogP contribution in [0.3, 0.4) is 0 Å². The molecule has 0 amide bonds. The number of esters is 1. The maximum atomic E-state index is 12.3. The molecular formula is C15H18O4. The van der Waals surface area contributed by atoms with Crippen molar-refractivity contribution in [2.24, 2.45) is 0 Å². The van der Waals surface area contributed by atoms with E-state index in [2.05, 4.69) is 0 Å². The first kappa shape index (κ1) is 13.6. The van der Waals surface area contributed by atoms with Crippen molar-refractivity contribution in [3.8, 4) is 5.75 Å². The molecule has 1 aromatic rings. The fraction of sp³-hybridized carbons (Fsp3) is 0.467. The van der Waals surface area contributed by atoms with Crippen LogP contribution in [-0.2, 0) is 19.7 Å². The smallest absolute Gasteiger partial charge is 0.316 e. The first-order valence-corrected chi connectivity index (χ1v) is 6.37. The summed E-state index contributed by atoms with van der Waals surface area (Å²) in [7, 11) is 2.97. The Morgan fingerprint density at radius 2 is 1.79 bits per heavy atom. The molecule has 0 aliphatic heterocycles. The third-order valence-corrected chi connectivity index (χ3v) is 3.86. The van der Waals surface area contributed by atoms with Crippen molar-refractivity contribution in [1.82, 2.24) is 0 Å². The minimum Gasteiger partial charge on any atom is -0.496 e. The van der Waals surface area contributed by atoms with Gasteiger partial charge in [-0.15, -0.1) is 0 Å². The van der Waals surface area contributed by atoms with Crippen LogP contribution >= 0.6 is 0 Å². The summed E-state index contributed by atoms with van der Waals surface area (Å²) in [6, 6.07) is 7.45. The largest absolute Gasteiger partial charge is 0.496 e. The molecular weight excluding hydrogens is 244 g/mol. The standard InChI is InChI=1S/C15H18O4/c1-18-13-6-4-3-5-12(13)15(14(17)19-2)9-7-11(16)8-10-15/h3-6H,7-10H2,1-2H3. The van der Waals surface area contributed by atoms with E-state index >= 15 is 0 Å². The van der Waals surface area contributed by atoms with Crippen molar-refractivity contribution in [1.29, 1.82) is 0 Å². The number of para-hydroxylation sites is 1. The van der Waals surface area contributed by atoms with Gasteiger partial charge in [0, 0.05) is 18.4 Å². The second-order valence-electron chi connectivity index (χ2n) is 4.81. The van der Waals surface area contributed by atoms with E-state index in [1.54, 1.807) is 7.11 Å². The number of hydrogen-bond donors (Lipinski definition) is 0. The van der Waals surface area contributed by atoms with Crippen LogP contribution in [0.4, 0.5) is 0 Å². The van der Waals surface area contributed by atoms with E-state index in [-0.39, 0.29) is 11.8 Å². The molecule has 0 unspecified atom stereocenters. The molecule has 0 atom stereocenters. The van der Waals surface area contributed by atoms with Crippen LogP contribution in [0.1, 0.15) is 31.2 Å². The van der Waals surface area contributed by atoms with Gasteiger partial charge in [0.15, 0.2) is 0 Å². The summed E-state index contributed by atoms with van der Waals surface area (Å²) in [5, 5.41) is 0. The van der Waals surface area contributed by atoms with E-state index in [0.717, 1.165) is 5.56 Å². The molecule has 1 aliphatic rings. The highest BCUT2D eigenvalue weighted by Gasteiger charge is 2.45. The Labute approximate surface area is 112 Å². The maximum absolute atomic E-state index is 12.3. The van der Waals surface area contributed by atoms with E-state index in [0.29, 0.717) is 31.4 Å². The third-order valence-electron chi connectivity index (χ3n) is 3.86. The van der Waals surface area contributed by atoms with Crippen LogP contribution in [-0.4, -0.2) is 26.0 Å². The van der Waals surface area contributed by atoms with E-state index in [4.69, 9.17) is 9.47 Å². The number of hydrogen-bond acceptors (Lipinski definition) is 4. The predicted molar refractivity (Wildman–Crippen MR) is 70.2 cm³/mol. The van der Waals surface area contributed by atoms with Gasteiger partial charge in [-0.05, 0) is 18.9 Å². The van der Waals surface area contributed by atoms with Crippen molar-refractivity contribution in [3.05, 3.63) is 29.8 Å². The van der Waals surface area contributed by atoms with Crippen molar-refractivity contribution in [2.75, 3.05) is 14.2 Å². The zero-order valence-corrected chi connectivity index (χ0v) is 11.3. The van der Waals surface area contributed by atoms with E-state index in [1.165, 1.54) is 7.11 Å². The highest BCUT2D eigenvalue weighted by Crippen LogP contribution is 2.43. The van der Waals surface area contributed by atoms with Gasteiger partial charge in [0.1, 0.15) is 11.5 Å². The van der Waals surface area contributed by atoms with Gasteiger partial charge in [0.05, 0.1) is 19.6 Å². The molecule has 102 valence electrons. The summed E-state index contributed by atoms with van der Waals surface area (Å²) < 4.78 is 10.3. The molecule has 4 heteroatoms. The number of Topliss-reactive ketones (excluding diaryl/α,β-unsaturated/α-hetero) is 1. The predicted octanol–water partition coefficient (Wildman–Crippen LogP) is 2.25. The van der Waals surface area contributed by atoms with Crippen molar-refractivity contribution < 1.29 is 19.1 Å². The number of methoxy groups -OCH3 is 2. The fourth-order valence-corrected chi connectivity index (χ4v) is 2.77. The Morgan fingerprint density at radius 1 is 1.16 bits per heavy atom. The van der Waals surface area contributed by atoms with Crippen LogP contribution in [0.15, 0.2) is 24.3 Å². The van der Waals surface area contributed by atoms with Crippen LogP contribution in [0, 0.1) is 0 Å². The SMILES string of the molecule is COC(=O)C1(c2ccccc2OC)CCC(=O)CC1. The summed E-state index contributed by atoms with van der Waals surface area (Å²) in [6.45, 7) is 0. The zero-order chi connectivity index (χ0) is 13.9. The molecule has 2 rings (SSSR count). The van der Waals surface area contributed by atoms with Crippen LogP contribution < -0.4 is 4.74 Å². The highest BCUT2D eigenvalue weighted by molar-refractivity contribution is 5.89. The lowest BCUT2D eigenvalue weighted by Gasteiger charge is -2.35. The molecule has 1 saturated carbocycles. The molecule has 0 saturated heterocycles. The van der Waals surface area contributed by atoms with Gasteiger partial charge in [0.25, 0.3) is 0 Å². The van der Waals surface area contributed by atoms with Crippen LogP contribution in [0.2, 0.25) is 0 Å². The summed E-state index contributed by atoms with van der Waals surface area (Å²) in [5.74, 6) is 0.584. The van der Waals surface area contributed by atoms with Gasteiger partial charge >= 0.3 is 5.97 Å². The van der Waals surface area contributed by atoms with Crippen molar-refractivity contribution in [2.45, 2.75) is 31.1 Å². The summed E-state index contributed by atoms with van der Waals surface area (Å²) in [4.78, 5) is 23.7. The highest BCUT2D eigenvalue weighted by atomic mass is 16.5. The van der Waals surface area contributed by atoms with Gasteiger partial charge in [-0.2, -0.15) is 0 Å². The first-order chi connectivity index (χ1) is 9.14. The second-order valence-corrected chi connectivity index (χ2v) is 4.81. The monoisotopic (exact) mass is 262 g/mol. The minimum atomic E-state index is -0.755. The average Bonchev–Trinajstić information content (AvgIpc) is 2.47. The molecule has 0 bridgehead atoms. The molecule has 0 radical (unpaired) electrons. The zero-order valence-electron chi connectivity index (χ0n) is 11.3. The molecule has 0 heterocycles. The summed E-state index contributed by atoms with van der Waals surface area (Å²) in [6.07, 6.45) is 1.79. The molecule has 1 aliphatic carbocycles. The molecule has 1 fully saturated rings. The number of benzene rings is 1. The molecule has 19 heavy (non-hydrogen) atoms. The minimum absolute atomic E-state index is 0.203. The number of ether oxygens (including phenoxy) is 2. The molecule has 0 N–H and O–H groups in total. The Hall–Kier alpha value is -1.84. The van der Waals surface area contributed by atoms with Crippen molar-refractivity contribution >= 4 is 11.8 Å². The lowest BCUT2D eigenvalue weighted by molar-refractivity contribution is -0.149. The molecule has 4 nitrogen and oxygen atoms in total. The topological polar surface area (TPSA) is 52.6 Å². The Balaban J connectivity index is 2.49. The van der Waals surface area contributed by atoms with Crippen LogP contribution in [0.25, 0.3) is 0 Å². The number of ketones is 1. The number of rotatable bonds is 3. The molecule has 0 spiro atoms. The Bertz CT molecular complexity index is 483. The maximum Gasteiger partial charge on any atom is 0.316 e. The first-order valence-electron chi connectivity index (χ1n) is 6.37. The summed E-state index contributed by atoms with van der Waals surface area (Å²) in [5.41, 5.74) is 0.0618. The number of carbonyl (C=O) groups excluding carboxylic acids is 2. The summed E-state index contributed by atoms with van der Waals surface area (Å²) >= 11 is 0. The lowest BCUT2D eigenvalue weighted by atomic mass is 9.68. The fourth-order valence-electron chi connectivity index (χ4n) is 2.77. The van der Waals surface area contributed by atoms with E-state index < -0.39 is 5.41 Å². The van der Waals surface area contributed by atoms with Crippen LogP contribution in [0.5, 0.6) is 5.75 Å². The van der Waals surface area contributed by atoms with Gasteiger partial charge < -0.3 is 9.47 Å². The molecule has 1 aromatic carbocycles. The van der Waals surface area contributed by atoms with Gasteiger partial charge in [-0.25, -0.2) is 0 Å². The van der Waals surface area contributed by atoms with Gasteiger partial charge in [-0.3, -0.25) is 9.59 Å².